The van der Waals surface area contributed by atoms with Gasteiger partial charge in [-0.15, -0.1) is 0 Å². The average Bonchev–Trinajstić information content (AvgIpc) is 2.82. The summed E-state index contributed by atoms with van der Waals surface area (Å²) in [5.74, 6) is 0.0199. The van der Waals surface area contributed by atoms with E-state index in [-0.39, 0.29) is 25.0 Å². The molecule has 1 aliphatic rings. The van der Waals surface area contributed by atoms with Crippen LogP contribution < -0.4 is 0 Å². The van der Waals surface area contributed by atoms with Crippen LogP contribution in [-0.4, -0.2) is 60.0 Å². The molecule has 0 radical (unpaired) electrons. The molecule has 5 nitrogen and oxygen atoms in total. The van der Waals surface area contributed by atoms with Crippen molar-refractivity contribution < 1.29 is 14.7 Å². The van der Waals surface area contributed by atoms with E-state index in [1.54, 1.807) is 7.05 Å². The van der Waals surface area contributed by atoms with Crippen LogP contribution in [-0.2, 0) is 9.59 Å². The fourth-order valence-corrected chi connectivity index (χ4v) is 1.94. The fraction of sp³-hybridized carbons (Fsp3) is 0.833. The zero-order valence-electron chi connectivity index (χ0n) is 10.5. The van der Waals surface area contributed by atoms with Gasteiger partial charge in [-0.3, -0.25) is 9.59 Å². The largest absolute Gasteiger partial charge is 0.396 e. The molecule has 2 amide bonds. The first kappa shape index (κ1) is 14.0. The molecule has 0 aromatic rings. The first-order valence-corrected chi connectivity index (χ1v) is 6.27. The Labute approximate surface area is 102 Å². The van der Waals surface area contributed by atoms with Crippen LogP contribution in [0.3, 0.4) is 0 Å². The molecule has 1 fully saturated rings. The Balaban J connectivity index is 2.24. The molecule has 0 saturated carbocycles. The molecule has 0 aromatic carbocycles. The Kier molecular flexibility index (Phi) is 5.97. The number of unbranched alkanes of at least 4 members (excludes halogenated alkanes) is 1. The maximum absolute atomic E-state index is 11.8. The van der Waals surface area contributed by atoms with Gasteiger partial charge in [-0.25, -0.2) is 0 Å². The van der Waals surface area contributed by atoms with Crippen LogP contribution >= 0.6 is 0 Å². The summed E-state index contributed by atoms with van der Waals surface area (Å²) in [6, 6.07) is 0. The molecular formula is C12H22N2O3. The highest BCUT2D eigenvalue weighted by Crippen LogP contribution is 2.08. The third kappa shape index (κ3) is 4.73. The molecule has 1 N–H and O–H groups in total. The van der Waals surface area contributed by atoms with E-state index in [4.69, 9.17) is 5.11 Å². The zero-order chi connectivity index (χ0) is 12.7. The number of aliphatic hydroxyl groups is 1. The van der Waals surface area contributed by atoms with Crippen LogP contribution in [0.2, 0.25) is 0 Å². The molecule has 1 aliphatic heterocycles. The number of likely N-dealkylation sites (N-methyl/N-ethyl adjacent to an activating group) is 1. The lowest BCUT2D eigenvalue weighted by Gasteiger charge is -2.21. The van der Waals surface area contributed by atoms with Crippen molar-refractivity contribution in [1.29, 1.82) is 0 Å². The SMILES string of the molecule is CN(CC(=O)N1CCCC1)C(=O)CCCCO. The fourth-order valence-electron chi connectivity index (χ4n) is 1.94. The Morgan fingerprint density at radius 3 is 2.47 bits per heavy atom. The van der Waals surface area contributed by atoms with Gasteiger partial charge >= 0.3 is 0 Å². The molecule has 0 unspecified atom stereocenters. The van der Waals surface area contributed by atoms with Crippen molar-refractivity contribution in [2.45, 2.75) is 32.1 Å². The summed E-state index contributed by atoms with van der Waals surface area (Å²) < 4.78 is 0. The van der Waals surface area contributed by atoms with E-state index < -0.39 is 0 Å². The molecule has 5 heteroatoms. The van der Waals surface area contributed by atoms with Gasteiger partial charge in [-0.05, 0) is 25.7 Å². The molecule has 0 atom stereocenters. The molecule has 1 saturated heterocycles. The molecule has 0 aromatic heterocycles. The summed E-state index contributed by atoms with van der Waals surface area (Å²) in [5.41, 5.74) is 0. The summed E-state index contributed by atoms with van der Waals surface area (Å²) in [5, 5.41) is 8.62. The first-order valence-electron chi connectivity index (χ1n) is 6.27. The maximum Gasteiger partial charge on any atom is 0.242 e. The highest BCUT2D eigenvalue weighted by Gasteiger charge is 2.20. The minimum atomic E-state index is -0.0222. The van der Waals surface area contributed by atoms with Gasteiger partial charge in [-0.2, -0.15) is 0 Å². The lowest BCUT2D eigenvalue weighted by molar-refractivity contribution is -0.138. The van der Waals surface area contributed by atoms with Gasteiger partial charge in [0, 0.05) is 33.2 Å². The van der Waals surface area contributed by atoms with Crippen molar-refractivity contribution in [3.63, 3.8) is 0 Å². The van der Waals surface area contributed by atoms with Crippen LogP contribution in [0.15, 0.2) is 0 Å². The first-order chi connectivity index (χ1) is 8.15. The number of hydrogen-bond donors (Lipinski definition) is 1. The topological polar surface area (TPSA) is 60.9 Å². The number of carbonyl (C=O) groups is 2. The van der Waals surface area contributed by atoms with Gasteiger partial charge in [-0.1, -0.05) is 0 Å². The average molecular weight is 242 g/mol. The van der Waals surface area contributed by atoms with Gasteiger partial charge in [0.2, 0.25) is 11.8 Å². The predicted octanol–water partition coefficient (Wildman–Crippen LogP) is 0.230. The second kappa shape index (κ2) is 7.27. The number of rotatable bonds is 6. The van der Waals surface area contributed by atoms with Crippen molar-refractivity contribution in [3.8, 4) is 0 Å². The number of nitrogens with zero attached hydrogens (tertiary/aromatic N) is 2. The monoisotopic (exact) mass is 242 g/mol. The van der Waals surface area contributed by atoms with Crippen molar-refractivity contribution >= 4 is 11.8 Å². The van der Waals surface area contributed by atoms with Gasteiger partial charge in [0.1, 0.15) is 0 Å². The van der Waals surface area contributed by atoms with E-state index in [9.17, 15) is 9.59 Å². The normalized spacial score (nSPS) is 15.1. The second-order valence-corrected chi connectivity index (χ2v) is 4.52. The standard InChI is InChI=1S/C12H22N2O3/c1-13(11(16)6-2-5-9-15)10-12(17)14-7-3-4-8-14/h15H,2-10H2,1H3. The summed E-state index contributed by atoms with van der Waals surface area (Å²) in [6.07, 6.45) is 3.86. The third-order valence-corrected chi connectivity index (χ3v) is 3.06. The van der Waals surface area contributed by atoms with Crippen LogP contribution in [0.1, 0.15) is 32.1 Å². The summed E-state index contributed by atoms with van der Waals surface area (Å²) in [4.78, 5) is 26.7. The Morgan fingerprint density at radius 2 is 1.88 bits per heavy atom. The van der Waals surface area contributed by atoms with Gasteiger partial charge in [0.05, 0.1) is 6.54 Å². The van der Waals surface area contributed by atoms with Crippen LogP contribution in [0.5, 0.6) is 0 Å². The number of aliphatic hydroxyl groups excluding tert-OH is 1. The van der Waals surface area contributed by atoms with Crippen molar-refractivity contribution in [2.24, 2.45) is 0 Å². The summed E-state index contributed by atoms with van der Waals surface area (Å²) >= 11 is 0. The van der Waals surface area contributed by atoms with Crippen molar-refractivity contribution in [3.05, 3.63) is 0 Å². The third-order valence-electron chi connectivity index (χ3n) is 3.06. The number of carbonyl (C=O) groups excluding carboxylic acids is 2. The number of hydrogen-bond acceptors (Lipinski definition) is 3. The van der Waals surface area contributed by atoms with E-state index in [1.807, 2.05) is 4.90 Å². The quantitative estimate of drug-likeness (QED) is 0.678. The van der Waals surface area contributed by atoms with E-state index in [2.05, 4.69) is 0 Å². The molecule has 1 rings (SSSR count). The lowest BCUT2D eigenvalue weighted by Crippen LogP contribution is -2.39. The number of amides is 2. The van der Waals surface area contributed by atoms with E-state index in [0.29, 0.717) is 19.3 Å². The molecule has 1 heterocycles. The van der Waals surface area contributed by atoms with Gasteiger partial charge in [0.15, 0.2) is 0 Å². The van der Waals surface area contributed by atoms with Gasteiger partial charge < -0.3 is 14.9 Å². The molecular weight excluding hydrogens is 220 g/mol. The van der Waals surface area contributed by atoms with Crippen molar-refractivity contribution in [2.75, 3.05) is 33.3 Å². The smallest absolute Gasteiger partial charge is 0.242 e. The van der Waals surface area contributed by atoms with Crippen molar-refractivity contribution in [1.82, 2.24) is 9.80 Å². The molecule has 98 valence electrons. The summed E-state index contributed by atoms with van der Waals surface area (Å²) in [6.45, 7) is 1.94. The van der Waals surface area contributed by atoms with E-state index >= 15 is 0 Å². The van der Waals surface area contributed by atoms with Crippen LogP contribution in [0.4, 0.5) is 0 Å². The Hall–Kier alpha value is -1.10. The maximum atomic E-state index is 11.8. The lowest BCUT2D eigenvalue weighted by atomic mass is 10.2. The van der Waals surface area contributed by atoms with Crippen LogP contribution in [0.25, 0.3) is 0 Å². The van der Waals surface area contributed by atoms with Gasteiger partial charge in [0.25, 0.3) is 0 Å². The molecule has 17 heavy (non-hydrogen) atoms. The molecule has 0 bridgehead atoms. The minimum absolute atomic E-state index is 0.0222. The highest BCUT2D eigenvalue weighted by atomic mass is 16.3. The predicted molar refractivity (Wildman–Crippen MR) is 64.4 cm³/mol. The minimum Gasteiger partial charge on any atom is -0.396 e. The Morgan fingerprint density at radius 1 is 1.24 bits per heavy atom. The number of likely N-dealkylation sites (tertiary alicyclic amines) is 1. The van der Waals surface area contributed by atoms with Crippen LogP contribution in [0, 0.1) is 0 Å². The van der Waals surface area contributed by atoms with E-state index in [1.165, 1.54) is 4.90 Å². The second-order valence-electron chi connectivity index (χ2n) is 4.52. The zero-order valence-corrected chi connectivity index (χ0v) is 10.5. The molecule has 0 aliphatic carbocycles. The Bertz CT molecular complexity index is 262. The summed E-state index contributed by atoms with van der Waals surface area (Å²) in [7, 11) is 1.66. The molecule has 0 spiro atoms. The van der Waals surface area contributed by atoms with E-state index in [0.717, 1.165) is 25.9 Å². The highest BCUT2D eigenvalue weighted by molar-refractivity contribution is 5.84.